The number of carbonyl (C=O) groups excluding carboxylic acids is 3. The van der Waals surface area contributed by atoms with Crippen molar-refractivity contribution in [1.29, 1.82) is 0 Å². The summed E-state index contributed by atoms with van der Waals surface area (Å²) in [4.78, 5) is 45.4. The first-order chi connectivity index (χ1) is 17.6. The lowest BCUT2D eigenvalue weighted by atomic mass is 9.95. The van der Waals surface area contributed by atoms with Crippen molar-refractivity contribution in [1.82, 2.24) is 20.0 Å². The Morgan fingerprint density at radius 2 is 1.73 bits per heavy atom. The fourth-order valence-corrected chi connectivity index (χ4v) is 5.17. The first-order valence-electron chi connectivity index (χ1n) is 12.3. The minimum atomic E-state index is -0.973. The molecule has 0 aromatic heterocycles. The maximum absolute atomic E-state index is 13.8. The molecule has 0 saturated carbocycles. The second-order valence-corrected chi connectivity index (χ2v) is 10.6. The molecular formula is C27H32Cl2N4O4. The summed E-state index contributed by atoms with van der Waals surface area (Å²) in [7, 11) is 3.86. The molecule has 4 rings (SSSR count). The van der Waals surface area contributed by atoms with Crippen LogP contribution in [-0.4, -0.2) is 91.1 Å². The van der Waals surface area contributed by atoms with Crippen molar-refractivity contribution in [2.24, 2.45) is 0 Å². The first kappa shape index (κ1) is 27.4. The van der Waals surface area contributed by atoms with Crippen molar-refractivity contribution in [2.45, 2.75) is 31.5 Å². The van der Waals surface area contributed by atoms with Gasteiger partial charge < -0.3 is 19.9 Å². The number of aryl methyl sites for hydroxylation is 1. The van der Waals surface area contributed by atoms with Crippen LogP contribution in [-0.2, 0) is 9.53 Å². The van der Waals surface area contributed by atoms with Gasteiger partial charge in [-0.1, -0.05) is 40.9 Å². The highest BCUT2D eigenvalue weighted by atomic mass is 35.5. The number of likely N-dealkylation sites (tertiary alicyclic amines) is 1. The van der Waals surface area contributed by atoms with E-state index in [0.29, 0.717) is 60.2 Å². The normalized spacial score (nSPS) is 18.9. The van der Waals surface area contributed by atoms with Crippen LogP contribution in [0.5, 0.6) is 0 Å². The Hall–Kier alpha value is -2.65. The second kappa shape index (κ2) is 11.4. The van der Waals surface area contributed by atoms with Crippen molar-refractivity contribution >= 4 is 40.9 Å². The minimum Gasteiger partial charge on any atom is -0.353 e. The lowest BCUT2D eigenvalue weighted by molar-refractivity contribution is -0.128. The number of carbonyl (C=O) groups is 3. The number of rotatable bonds is 6. The van der Waals surface area contributed by atoms with Gasteiger partial charge in [0.25, 0.3) is 11.8 Å². The van der Waals surface area contributed by atoms with E-state index in [4.69, 9.17) is 27.9 Å². The lowest BCUT2D eigenvalue weighted by Crippen LogP contribution is -2.60. The Kier molecular flexibility index (Phi) is 8.43. The van der Waals surface area contributed by atoms with E-state index < -0.39 is 11.8 Å². The zero-order chi connectivity index (χ0) is 26.7. The van der Waals surface area contributed by atoms with Crippen LogP contribution in [0.3, 0.4) is 0 Å². The zero-order valence-electron chi connectivity index (χ0n) is 21.3. The van der Waals surface area contributed by atoms with E-state index in [9.17, 15) is 14.4 Å². The second-order valence-electron chi connectivity index (χ2n) is 9.83. The number of hydrogen-bond donors (Lipinski definition) is 1. The van der Waals surface area contributed by atoms with Crippen LogP contribution in [0.1, 0.15) is 39.1 Å². The third-order valence-electron chi connectivity index (χ3n) is 6.90. The number of ether oxygens (including phenoxy) is 1. The van der Waals surface area contributed by atoms with Crippen molar-refractivity contribution in [3.8, 4) is 0 Å². The maximum atomic E-state index is 13.8. The topological polar surface area (TPSA) is 82.2 Å². The van der Waals surface area contributed by atoms with Crippen LogP contribution in [0, 0.1) is 6.92 Å². The molecule has 3 amide bonds. The number of halogens is 2. The third kappa shape index (κ3) is 5.93. The van der Waals surface area contributed by atoms with Crippen molar-refractivity contribution in [3.05, 3.63) is 69.2 Å². The molecule has 198 valence electrons. The lowest BCUT2D eigenvalue weighted by Gasteiger charge is -2.44. The van der Waals surface area contributed by atoms with Crippen LogP contribution in [0.25, 0.3) is 0 Å². The predicted molar refractivity (Wildman–Crippen MR) is 143 cm³/mol. The quantitative estimate of drug-likeness (QED) is 0.600. The van der Waals surface area contributed by atoms with E-state index >= 15 is 0 Å². The molecule has 1 spiro atoms. The number of amides is 3. The SMILES string of the molecule is Cc1cccc(C(=O)N2C(C(=O)NCCN(C)C)COC23CCN(C(=O)c2ccc(Cl)c(Cl)c2)CC3)c1. The molecule has 0 bridgehead atoms. The molecule has 0 radical (unpaired) electrons. The van der Waals surface area contributed by atoms with Gasteiger partial charge in [-0.3, -0.25) is 19.3 Å². The molecule has 2 aliphatic heterocycles. The molecule has 2 aromatic carbocycles. The number of nitrogens with zero attached hydrogens (tertiary/aromatic N) is 3. The summed E-state index contributed by atoms with van der Waals surface area (Å²) < 4.78 is 6.25. The number of piperidine rings is 1. The van der Waals surface area contributed by atoms with E-state index in [1.165, 1.54) is 0 Å². The molecule has 0 aliphatic carbocycles. The van der Waals surface area contributed by atoms with Crippen molar-refractivity contribution in [3.63, 3.8) is 0 Å². The third-order valence-corrected chi connectivity index (χ3v) is 7.64. The van der Waals surface area contributed by atoms with Gasteiger partial charge in [0.15, 0.2) is 0 Å². The Morgan fingerprint density at radius 1 is 1.03 bits per heavy atom. The van der Waals surface area contributed by atoms with Crippen molar-refractivity contribution in [2.75, 3.05) is 46.9 Å². The van der Waals surface area contributed by atoms with E-state index in [2.05, 4.69) is 5.32 Å². The highest BCUT2D eigenvalue weighted by molar-refractivity contribution is 6.42. The Morgan fingerprint density at radius 3 is 2.38 bits per heavy atom. The largest absolute Gasteiger partial charge is 0.353 e. The summed E-state index contributed by atoms with van der Waals surface area (Å²) in [6.07, 6.45) is 0.776. The highest BCUT2D eigenvalue weighted by Gasteiger charge is 2.54. The zero-order valence-corrected chi connectivity index (χ0v) is 22.8. The molecule has 1 unspecified atom stereocenters. The monoisotopic (exact) mass is 546 g/mol. The van der Waals surface area contributed by atoms with Gasteiger partial charge in [0, 0.05) is 50.1 Å². The highest BCUT2D eigenvalue weighted by Crippen LogP contribution is 2.39. The molecule has 2 heterocycles. The smallest absolute Gasteiger partial charge is 0.256 e. The van der Waals surface area contributed by atoms with Gasteiger partial charge in [0.05, 0.1) is 16.7 Å². The van der Waals surface area contributed by atoms with E-state index in [0.717, 1.165) is 5.56 Å². The molecule has 2 aromatic rings. The van der Waals surface area contributed by atoms with Crippen LogP contribution < -0.4 is 5.32 Å². The molecule has 37 heavy (non-hydrogen) atoms. The summed E-state index contributed by atoms with van der Waals surface area (Å²) in [5, 5.41) is 3.64. The standard InChI is InChI=1S/C27H32Cl2N4O4/c1-18-5-4-6-19(15-18)26(36)33-23(24(34)30-11-14-31(2)3)17-37-27(33)9-12-32(13-10-27)25(35)20-7-8-21(28)22(29)16-20/h4-8,15-16,23H,9-14,17H2,1-3H3,(H,30,34). The summed E-state index contributed by atoms with van der Waals surface area (Å²) in [6.45, 7) is 3.91. The average Bonchev–Trinajstić information content (AvgIpc) is 3.23. The van der Waals surface area contributed by atoms with Gasteiger partial charge in [-0.2, -0.15) is 0 Å². The van der Waals surface area contributed by atoms with Crippen LogP contribution >= 0.6 is 23.2 Å². The van der Waals surface area contributed by atoms with E-state index in [1.807, 2.05) is 44.1 Å². The predicted octanol–water partition coefficient (Wildman–Crippen LogP) is 3.45. The van der Waals surface area contributed by atoms with Crippen LogP contribution in [0.4, 0.5) is 0 Å². The van der Waals surface area contributed by atoms with Gasteiger partial charge in [-0.15, -0.1) is 0 Å². The van der Waals surface area contributed by atoms with Gasteiger partial charge in [0.1, 0.15) is 11.8 Å². The Bertz CT molecular complexity index is 1180. The molecule has 1 N–H and O–H groups in total. The van der Waals surface area contributed by atoms with E-state index in [-0.39, 0.29) is 24.3 Å². The summed E-state index contributed by atoms with van der Waals surface area (Å²) in [5.41, 5.74) is 0.932. The Labute approximate surface area is 227 Å². The fraction of sp³-hybridized carbons (Fsp3) is 0.444. The molecule has 8 nitrogen and oxygen atoms in total. The molecule has 2 aliphatic rings. The minimum absolute atomic E-state index is 0.103. The van der Waals surface area contributed by atoms with Crippen LogP contribution in [0.2, 0.25) is 10.0 Å². The van der Waals surface area contributed by atoms with Gasteiger partial charge in [-0.25, -0.2) is 0 Å². The molecule has 10 heteroatoms. The maximum Gasteiger partial charge on any atom is 0.256 e. The molecule has 1 atom stereocenters. The number of benzene rings is 2. The number of nitrogens with one attached hydrogen (secondary N) is 1. The summed E-state index contributed by atoms with van der Waals surface area (Å²) >= 11 is 12.1. The first-order valence-corrected chi connectivity index (χ1v) is 13.1. The van der Waals surface area contributed by atoms with E-state index in [1.54, 1.807) is 34.1 Å². The number of hydrogen-bond acceptors (Lipinski definition) is 5. The van der Waals surface area contributed by atoms with Gasteiger partial charge in [-0.05, 0) is 51.4 Å². The van der Waals surface area contributed by atoms with Gasteiger partial charge >= 0.3 is 0 Å². The van der Waals surface area contributed by atoms with Crippen LogP contribution in [0.15, 0.2) is 42.5 Å². The van der Waals surface area contributed by atoms with Gasteiger partial charge in [0.2, 0.25) is 5.91 Å². The fourth-order valence-electron chi connectivity index (χ4n) is 4.88. The van der Waals surface area contributed by atoms with Crippen molar-refractivity contribution < 1.29 is 19.1 Å². The summed E-state index contributed by atoms with van der Waals surface area (Å²) in [6, 6.07) is 11.4. The molecule has 2 saturated heterocycles. The molecule has 2 fully saturated rings. The average molecular weight is 547 g/mol. The molecular weight excluding hydrogens is 515 g/mol. The summed E-state index contributed by atoms with van der Waals surface area (Å²) in [5.74, 6) is -0.659. The number of likely N-dealkylation sites (N-methyl/N-ethyl adjacent to an activating group) is 1. The Balaban J connectivity index is 1.55.